The van der Waals surface area contributed by atoms with Crippen molar-refractivity contribution in [2.45, 2.75) is 38.6 Å². The third kappa shape index (κ3) is 6.30. The van der Waals surface area contributed by atoms with Gasteiger partial charge >= 0.3 is 0 Å². The zero-order valence-corrected chi connectivity index (χ0v) is 17.8. The van der Waals surface area contributed by atoms with Crippen molar-refractivity contribution in [2.75, 3.05) is 31.6 Å². The summed E-state index contributed by atoms with van der Waals surface area (Å²) >= 11 is 0. The number of rotatable bonds is 4. The molecule has 1 aromatic rings. The Kier molecular flexibility index (Phi) is 10.2. The summed E-state index contributed by atoms with van der Waals surface area (Å²) in [7, 11) is 0. The molecule has 0 saturated carbocycles. The van der Waals surface area contributed by atoms with Gasteiger partial charge in [0.05, 0.1) is 12.0 Å². The number of amides is 2. The second-order valence-electron chi connectivity index (χ2n) is 7.31. The molecule has 2 fully saturated rings. The Hall–Kier alpha value is -1.41. The molecule has 7 nitrogen and oxygen atoms in total. The summed E-state index contributed by atoms with van der Waals surface area (Å²) in [5.41, 5.74) is 7.27. The Morgan fingerprint density at radius 1 is 1.25 bits per heavy atom. The van der Waals surface area contributed by atoms with Crippen LogP contribution in [0.3, 0.4) is 0 Å². The molecule has 158 valence electrons. The lowest BCUT2D eigenvalue weighted by Crippen LogP contribution is -2.52. The van der Waals surface area contributed by atoms with E-state index in [0.717, 1.165) is 31.2 Å². The van der Waals surface area contributed by atoms with Gasteiger partial charge < -0.3 is 20.7 Å². The van der Waals surface area contributed by atoms with Gasteiger partial charge in [-0.2, -0.15) is 0 Å². The number of carbonyl (C=O) groups excluding carboxylic acids is 2. The fourth-order valence-electron chi connectivity index (χ4n) is 3.65. The zero-order chi connectivity index (χ0) is 18.5. The molecule has 0 spiro atoms. The maximum Gasteiger partial charge on any atom is 0.239 e. The molecule has 0 radical (unpaired) electrons. The van der Waals surface area contributed by atoms with Crippen molar-refractivity contribution in [3.63, 3.8) is 0 Å². The van der Waals surface area contributed by atoms with Crippen LogP contribution >= 0.6 is 24.8 Å². The fourth-order valence-corrected chi connectivity index (χ4v) is 3.65. The highest BCUT2D eigenvalue weighted by molar-refractivity contribution is 5.92. The van der Waals surface area contributed by atoms with Gasteiger partial charge in [0.25, 0.3) is 0 Å². The third-order valence-corrected chi connectivity index (χ3v) is 5.33. The van der Waals surface area contributed by atoms with Crippen molar-refractivity contribution in [1.82, 2.24) is 9.88 Å². The molecule has 0 aromatic carbocycles. The number of carbonyl (C=O) groups is 2. The molecule has 0 bridgehead atoms. The van der Waals surface area contributed by atoms with E-state index in [1.807, 2.05) is 13.0 Å². The minimum atomic E-state index is -0.500. The maximum absolute atomic E-state index is 12.8. The Morgan fingerprint density at radius 3 is 2.61 bits per heavy atom. The first-order chi connectivity index (χ1) is 12.5. The van der Waals surface area contributed by atoms with Gasteiger partial charge in [0, 0.05) is 32.5 Å². The van der Waals surface area contributed by atoms with Gasteiger partial charge in [-0.1, -0.05) is 6.07 Å². The van der Waals surface area contributed by atoms with Crippen LogP contribution in [0.2, 0.25) is 0 Å². The number of pyridine rings is 1. The molecule has 3 N–H and O–H groups in total. The van der Waals surface area contributed by atoms with E-state index in [4.69, 9.17) is 10.5 Å². The van der Waals surface area contributed by atoms with E-state index in [-0.39, 0.29) is 48.5 Å². The average molecular weight is 433 g/mol. The van der Waals surface area contributed by atoms with Crippen LogP contribution < -0.4 is 11.1 Å². The predicted octanol–water partition coefficient (Wildman–Crippen LogP) is 2.16. The van der Waals surface area contributed by atoms with Gasteiger partial charge in [-0.3, -0.25) is 9.59 Å². The number of hydrogen-bond donors (Lipinski definition) is 2. The molecule has 2 amide bonds. The molecular formula is C19H30Cl2N4O3. The first kappa shape index (κ1) is 24.6. The van der Waals surface area contributed by atoms with Crippen molar-refractivity contribution >= 4 is 42.4 Å². The quantitative estimate of drug-likeness (QED) is 0.759. The fraction of sp³-hybridized carbons (Fsp3) is 0.632. The zero-order valence-electron chi connectivity index (χ0n) is 16.1. The number of aromatic nitrogens is 1. The highest BCUT2D eigenvalue weighted by atomic mass is 35.5. The molecule has 9 heteroatoms. The Labute approximate surface area is 178 Å². The largest absolute Gasteiger partial charge is 0.381 e. The number of nitrogens with zero attached hydrogens (tertiary/aromatic N) is 2. The topological polar surface area (TPSA) is 97.6 Å². The van der Waals surface area contributed by atoms with Gasteiger partial charge in [0.1, 0.15) is 5.82 Å². The van der Waals surface area contributed by atoms with Crippen LogP contribution in [0, 0.1) is 18.8 Å². The molecule has 2 aliphatic rings. The second kappa shape index (κ2) is 11.6. The number of piperidine rings is 1. The lowest BCUT2D eigenvalue weighted by atomic mass is 9.90. The first-order valence-corrected chi connectivity index (χ1v) is 9.40. The Balaban J connectivity index is 0.00000196. The van der Waals surface area contributed by atoms with Crippen LogP contribution in [0.25, 0.3) is 0 Å². The summed E-state index contributed by atoms with van der Waals surface area (Å²) in [6, 6.07) is 3.20. The summed E-state index contributed by atoms with van der Waals surface area (Å²) in [6.07, 6.45) is 4.95. The lowest BCUT2D eigenvalue weighted by molar-refractivity contribution is -0.137. The van der Waals surface area contributed by atoms with Crippen molar-refractivity contribution in [3.05, 3.63) is 23.9 Å². The summed E-state index contributed by atoms with van der Waals surface area (Å²) in [4.78, 5) is 31.3. The predicted molar refractivity (Wildman–Crippen MR) is 113 cm³/mol. The molecule has 28 heavy (non-hydrogen) atoms. The van der Waals surface area contributed by atoms with Crippen LogP contribution in [0.1, 0.15) is 31.2 Å². The maximum atomic E-state index is 12.8. The van der Waals surface area contributed by atoms with Crippen molar-refractivity contribution in [1.29, 1.82) is 0 Å². The van der Waals surface area contributed by atoms with E-state index in [1.54, 1.807) is 17.2 Å². The minimum Gasteiger partial charge on any atom is -0.381 e. The summed E-state index contributed by atoms with van der Waals surface area (Å²) < 4.78 is 5.35. The minimum absolute atomic E-state index is 0. The molecule has 2 aliphatic heterocycles. The number of aryl methyl sites for hydroxylation is 1. The lowest BCUT2D eigenvalue weighted by Gasteiger charge is -2.36. The Morgan fingerprint density at radius 2 is 1.96 bits per heavy atom. The standard InChI is InChI=1S/C19H28N4O3.2ClH/c1-13-4-5-16(21-11-13)22-18(24)15-3-2-8-23(12-15)19(25)17(20)14-6-9-26-10-7-14;;/h4-5,11,14-15,17H,2-3,6-10,12,20H2,1H3,(H,21,22,24);2*1H. The first-order valence-electron chi connectivity index (χ1n) is 9.40. The van der Waals surface area contributed by atoms with Crippen LogP contribution in [-0.4, -0.2) is 54.0 Å². The van der Waals surface area contributed by atoms with Gasteiger partial charge in [-0.25, -0.2) is 4.98 Å². The number of likely N-dealkylation sites (tertiary alicyclic amines) is 1. The number of halogens is 2. The van der Waals surface area contributed by atoms with Crippen molar-refractivity contribution in [2.24, 2.45) is 17.6 Å². The molecule has 0 aliphatic carbocycles. The molecule has 3 heterocycles. The molecule has 3 rings (SSSR count). The number of anilines is 1. The molecule has 1 aromatic heterocycles. The Bertz CT molecular complexity index is 639. The highest BCUT2D eigenvalue weighted by Gasteiger charge is 2.34. The van der Waals surface area contributed by atoms with E-state index in [1.165, 1.54) is 0 Å². The number of nitrogens with one attached hydrogen (secondary N) is 1. The van der Waals surface area contributed by atoms with E-state index < -0.39 is 6.04 Å². The van der Waals surface area contributed by atoms with E-state index >= 15 is 0 Å². The SMILES string of the molecule is Cc1ccc(NC(=O)C2CCCN(C(=O)C(N)C3CCOCC3)C2)nc1.Cl.Cl. The summed E-state index contributed by atoms with van der Waals surface area (Å²) in [6.45, 7) is 4.38. The number of ether oxygens (including phenoxy) is 1. The van der Waals surface area contributed by atoms with E-state index in [2.05, 4.69) is 10.3 Å². The monoisotopic (exact) mass is 432 g/mol. The number of nitrogens with two attached hydrogens (primary N) is 1. The van der Waals surface area contributed by atoms with Crippen LogP contribution in [0.4, 0.5) is 5.82 Å². The van der Waals surface area contributed by atoms with Gasteiger partial charge in [0.15, 0.2) is 0 Å². The van der Waals surface area contributed by atoms with Gasteiger partial charge in [0.2, 0.25) is 11.8 Å². The van der Waals surface area contributed by atoms with Crippen molar-refractivity contribution < 1.29 is 14.3 Å². The molecule has 2 atom stereocenters. The number of hydrogen-bond acceptors (Lipinski definition) is 5. The van der Waals surface area contributed by atoms with Crippen molar-refractivity contribution in [3.8, 4) is 0 Å². The van der Waals surface area contributed by atoms with Gasteiger partial charge in [-0.15, -0.1) is 24.8 Å². The van der Waals surface area contributed by atoms with Crippen LogP contribution in [0.5, 0.6) is 0 Å². The second-order valence-corrected chi connectivity index (χ2v) is 7.31. The normalized spacial score (nSPS) is 21.1. The molecule has 2 unspecified atom stereocenters. The van der Waals surface area contributed by atoms with Crippen LogP contribution in [0.15, 0.2) is 18.3 Å². The van der Waals surface area contributed by atoms with Gasteiger partial charge in [-0.05, 0) is 50.2 Å². The summed E-state index contributed by atoms with van der Waals surface area (Å²) in [5, 5.41) is 2.86. The molecule has 2 saturated heterocycles. The average Bonchev–Trinajstić information content (AvgIpc) is 2.69. The third-order valence-electron chi connectivity index (χ3n) is 5.33. The summed E-state index contributed by atoms with van der Waals surface area (Å²) in [5.74, 6) is 0.365. The highest BCUT2D eigenvalue weighted by Crippen LogP contribution is 2.23. The van der Waals surface area contributed by atoms with Crippen LogP contribution in [-0.2, 0) is 14.3 Å². The smallest absolute Gasteiger partial charge is 0.239 e. The van der Waals surface area contributed by atoms with E-state index in [0.29, 0.717) is 32.1 Å². The molecular weight excluding hydrogens is 403 g/mol. The van der Waals surface area contributed by atoms with E-state index in [9.17, 15) is 9.59 Å².